The van der Waals surface area contributed by atoms with Crippen LogP contribution in [0.15, 0.2) is 97.3 Å². The third kappa shape index (κ3) is 5.43. The third-order valence-corrected chi connectivity index (χ3v) is 5.23. The van der Waals surface area contributed by atoms with E-state index in [1.165, 1.54) is 4.90 Å². The van der Waals surface area contributed by atoms with Gasteiger partial charge in [-0.15, -0.1) is 0 Å². The summed E-state index contributed by atoms with van der Waals surface area (Å²) >= 11 is 0. The first-order valence-electron chi connectivity index (χ1n) is 10.4. The van der Waals surface area contributed by atoms with Gasteiger partial charge in [0.1, 0.15) is 5.75 Å². The normalized spacial score (nSPS) is 10.5. The molecule has 2 amide bonds. The Morgan fingerprint density at radius 2 is 1.42 bits per heavy atom. The summed E-state index contributed by atoms with van der Waals surface area (Å²) < 4.78 is 5.52. The minimum Gasteiger partial charge on any atom is -0.410 e. The molecule has 4 aromatic rings. The van der Waals surface area contributed by atoms with Gasteiger partial charge in [0.25, 0.3) is 0 Å². The second-order valence-electron chi connectivity index (χ2n) is 7.63. The number of carbonyl (C=O) groups excluding carboxylic acids is 2. The van der Waals surface area contributed by atoms with Gasteiger partial charge in [-0.25, -0.2) is 4.79 Å². The molecule has 1 heterocycles. The van der Waals surface area contributed by atoms with Crippen LogP contribution in [-0.2, 0) is 6.54 Å². The molecule has 1 aromatic heterocycles. The smallest absolute Gasteiger partial charge is 0.410 e. The number of amides is 2. The number of hydrogen-bond donors (Lipinski definition) is 1. The van der Waals surface area contributed by atoms with E-state index in [0.717, 1.165) is 27.8 Å². The zero-order chi connectivity index (χ0) is 23.2. The lowest BCUT2D eigenvalue weighted by molar-refractivity contribution is 0.1000. The summed E-state index contributed by atoms with van der Waals surface area (Å²) in [5.41, 5.74) is 10.7. The highest BCUT2D eigenvalue weighted by atomic mass is 16.6. The lowest BCUT2D eigenvalue weighted by Gasteiger charge is -2.17. The molecule has 0 unspecified atom stereocenters. The predicted molar refractivity (Wildman–Crippen MR) is 128 cm³/mol. The van der Waals surface area contributed by atoms with Crippen LogP contribution in [-0.4, -0.2) is 28.9 Å². The molecule has 0 aliphatic carbocycles. The molecular formula is C27H23N3O3. The maximum atomic E-state index is 12.6. The molecule has 6 heteroatoms. The van der Waals surface area contributed by atoms with Crippen LogP contribution in [0.5, 0.6) is 5.75 Å². The minimum atomic E-state index is -0.461. The van der Waals surface area contributed by atoms with Gasteiger partial charge in [0, 0.05) is 31.5 Å². The zero-order valence-corrected chi connectivity index (χ0v) is 18.1. The standard InChI is InChI=1S/C27H23N3O3/c1-30(18-19-3-2-4-24(17-19)22-13-15-29-16-14-22)27(32)33-25-11-9-21(10-12-25)20-5-7-23(8-6-20)26(28)31/h2-17H,18H2,1H3,(H2,28,31). The zero-order valence-electron chi connectivity index (χ0n) is 18.1. The monoisotopic (exact) mass is 437 g/mol. The molecule has 4 rings (SSSR count). The Morgan fingerprint density at radius 1 is 0.818 bits per heavy atom. The summed E-state index contributed by atoms with van der Waals surface area (Å²) in [5.74, 6) is -0.00749. The van der Waals surface area contributed by atoms with E-state index in [4.69, 9.17) is 10.5 Å². The Balaban J connectivity index is 1.38. The van der Waals surface area contributed by atoms with Gasteiger partial charge in [-0.3, -0.25) is 9.78 Å². The van der Waals surface area contributed by atoms with Crippen LogP contribution in [0.3, 0.4) is 0 Å². The summed E-state index contributed by atoms with van der Waals surface area (Å²) in [5, 5.41) is 0. The SMILES string of the molecule is CN(Cc1cccc(-c2ccncc2)c1)C(=O)Oc1ccc(-c2ccc(C(N)=O)cc2)cc1. The van der Waals surface area contributed by atoms with Crippen molar-refractivity contribution in [2.24, 2.45) is 5.73 Å². The lowest BCUT2D eigenvalue weighted by atomic mass is 10.0. The minimum absolute atomic E-state index is 0.419. The molecular weight excluding hydrogens is 414 g/mol. The lowest BCUT2D eigenvalue weighted by Crippen LogP contribution is -2.29. The quantitative estimate of drug-likeness (QED) is 0.452. The van der Waals surface area contributed by atoms with E-state index < -0.39 is 12.0 Å². The second kappa shape index (κ2) is 9.78. The van der Waals surface area contributed by atoms with Crippen molar-refractivity contribution >= 4 is 12.0 Å². The molecule has 0 spiro atoms. The van der Waals surface area contributed by atoms with Gasteiger partial charge in [-0.05, 0) is 70.3 Å². The highest BCUT2D eigenvalue weighted by molar-refractivity contribution is 5.93. The molecule has 0 saturated carbocycles. The van der Waals surface area contributed by atoms with Crippen molar-refractivity contribution < 1.29 is 14.3 Å². The van der Waals surface area contributed by atoms with E-state index >= 15 is 0 Å². The van der Waals surface area contributed by atoms with Crippen LogP contribution in [0, 0.1) is 0 Å². The van der Waals surface area contributed by atoms with Gasteiger partial charge in [0.15, 0.2) is 0 Å². The first-order chi connectivity index (χ1) is 16.0. The van der Waals surface area contributed by atoms with Gasteiger partial charge in [-0.2, -0.15) is 0 Å². The molecule has 6 nitrogen and oxygen atoms in total. The van der Waals surface area contributed by atoms with Crippen molar-refractivity contribution in [2.45, 2.75) is 6.54 Å². The third-order valence-electron chi connectivity index (χ3n) is 5.23. The maximum Gasteiger partial charge on any atom is 0.415 e. The molecule has 2 N–H and O–H groups in total. The molecule has 0 aliphatic heterocycles. The van der Waals surface area contributed by atoms with Crippen molar-refractivity contribution in [1.29, 1.82) is 0 Å². The largest absolute Gasteiger partial charge is 0.415 e. The summed E-state index contributed by atoms with van der Waals surface area (Å²) in [6, 6.07) is 26.2. The van der Waals surface area contributed by atoms with Crippen LogP contribution in [0.2, 0.25) is 0 Å². The predicted octanol–water partition coefficient (Wildman–Crippen LogP) is 5.15. The summed E-state index contributed by atoms with van der Waals surface area (Å²) in [6.07, 6.45) is 3.07. The van der Waals surface area contributed by atoms with Crippen molar-refractivity contribution in [3.63, 3.8) is 0 Å². The summed E-state index contributed by atoms with van der Waals surface area (Å²) in [4.78, 5) is 29.4. The van der Waals surface area contributed by atoms with Crippen molar-refractivity contribution in [2.75, 3.05) is 7.05 Å². The first-order valence-corrected chi connectivity index (χ1v) is 10.4. The number of nitrogens with zero attached hydrogens (tertiary/aromatic N) is 2. The summed E-state index contributed by atoms with van der Waals surface area (Å²) in [7, 11) is 1.70. The van der Waals surface area contributed by atoms with Crippen LogP contribution in [0.25, 0.3) is 22.3 Å². The Labute approximate surface area is 192 Å². The topological polar surface area (TPSA) is 85.5 Å². The average molecular weight is 437 g/mol. The van der Waals surface area contributed by atoms with Crippen LogP contribution < -0.4 is 10.5 Å². The van der Waals surface area contributed by atoms with Gasteiger partial charge >= 0.3 is 6.09 Å². The van der Waals surface area contributed by atoms with Crippen LogP contribution in [0.1, 0.15) is 15.9 Å². The maximum absolute atomic E-state index is 12.6. The summed E-state index contributed by atoms with van der Waals surface area (Å²) in [6.45, 7) is 0.419. The average Bonchev–Trinajstić information content (AvgIpc) is 2.85. The van der Waals surface area contributed by atoms with E-state index in [-0.39, 0.29) is 0 Å². The van der Waals surface area contributed by atoms with E-state index in [1.54, 1.807) is 43.7 Å². The number of primary amides is 1. The fourth-order valence-electron chi connectivity index (χ4n) is 3.45. The van der Waals surface area contributed by atoms with Crippen molar-refractivity contribution in [3.8, 4) is 28.0 Å². The fourth-order valence-corrected chi connectivity index (χ4v) is 3.45. The number of benzene rings is 3. The molecule has 0 fully saturated rings. The number of nitrogens with two attached hydrogens (primary N) is 1. The van der Waals surface area contributed by atoms with Gasteiger partial charge in [-0.1, -0.05) is 42.5 Å². The molecule has 0 bridgehead atoms. The van der Waals surface area contributed by atoms with E-state index in [9.17, 15) is 9.59 Å². The molecule has 0 aliphatic rings. The van der Waals surface area contributed by atoms with Gasteiger partial charge in [0.05, 0.1) is 0 Å². The molecule has 0 radical (unpaired) electrons. The molecule has 164 valence electrons. The van der Waals surface area contributed by atoms with E-state index in [2.05, 4.69) is 11.1 Å². The first kappa shape index (κ1) is 21.8. The molecule has 0 atom stereocenters. The number of ether oxygens (including phenoxy) is 1. The molecule has 33 heavy (non-hydrogen) atoms. The number of pyridine rings is 1. The van der Waals surface area contributed by atoms with E-state index in [0.29, 0.717) is 17.9 Å². The fraction of sp³-hybridized carbons (Fsp3) is 0.0741. The Hall–Kier alpha value is -4.45. The Bertz CT molecular complexity index is 1250. The van der Waals surface area contributed by atoms with Crippen molar-refractivity contribution in [1.82, 2.24) is 9.88 Å². The number of carbonyl (C=O) groups is 2. The number of aromatic nitrogens is 1. The Kier molecular flexibility index (Phi) is 6.45. The number of rotatable bonds is 6. The molecule has 0 saturated heterocycles. The number of hydrogen-bond acceptors (Lipinski definition) is 4. The molecule has 3 aromatic carbocycles. The van der Waals surface area contributed by atoms with E-state index in [1.807, 2.05) is 54.6 Å². The Morgan fingerprint density at radius 3 is 2.06 bits per heavy atom. The second-order valence-corrected chi connectivity index (χ2v) is 7.63. The van der Waals surface area contributed by atoms with Gasteiger partial charge in [0.2, 0.25) is 5.91 Å². The van der Waals surface area contributed by atoms with Crippen LogP contribution >= 0.6 is 0 Å². The van der Waals surface area contributed by atoms with Crippen molar-refractivity contribution in [3.05, 3.63) is 108 Å². The highest BCUT2D eigenvalue weighted by Crippen LogP contribution is 2.24. The van der Waals surface area contributed by atoms with Crippen LogP contribution in [0.4, 0.5) is 4.79 Å². The van der Waals surface area contributed by atoms with Gasteiger partial charge < -0.3 is 15.4 Å². The highest BCUT2D eigenvalue weighted by Gasteiger charge is 2.13.